The summed E-state index contributed by atoms with van der Waals surface area (Å²) in [6.45, 7) is 2.50. The van der Waals surface area contributed by atoms with Gasteiger partial charge in [0.2, 0.25) is 5.91 Å². The van der Waals surface area contributed by atoms with Crippen LogP contribution in [0.4, 0.5) is 5.69 Å². The number of benzene rings is 2. The number of halogens is 1. The maximum Gasteiger partial charge on any atom is 0.224 e. The molecule has 0 saturated heterocycles. The minimum absolute atomic E-state index is 0.0501. The molecule has 1 N–H and O–H groups in total. The largest absolute Gasteiger partial charge is 0.494 e. The molecule has 5 heteroatoms. The summed E-state index contributed by atoms with van der Waals surface area (Å²) < 4.78 is 6.39. The van der Waals surface area contributed by atoms with Crippen molar-refractivity contribution >= 4 is 40.0 Å². The van der Waals surface area contributed by atoms with E-state index in [1.54, 1.807) is 24.3 Å². The highest BCUT2D eigenvalue weighted by Gasteiger charge is 2.10. The van der Waals surface area contributed by atoms with Crippen molar-refractivity contribution < 1.29 is 14.3 Å². The van der Waals surface area contributed by atoms with Crippen LogP contribution in [0.15, 0.2) is 48.5 Å². The van der Waals surface area contributed by atoms with Gasteiger partial charge in [0.25, 0.3) is 0 Å². The second-order valence-corrected chi connectivity index (χ2v) is 6.18. The first-order valence-electron chi connectivity index (χ1n) is 7.40. The van der Waals surface area contributed by atoms with E-state index in [0.717, 1.165) is 15.0 Å². The van der Waals surface area contributed by atoms with Crippen molar-refractivity contribution in [3.8, 4) is 5.75 Å². The molecule has 4 nitrogen and oxygen atoms in total. The minimum Gasteiger partial charge on any atom is -0.494 e. The van der Waals surface area contributed by atoms with Crippen LogP contribution in [0, 0.1) is 3.57 Å². The molecule has 0 spiro atoms. The predicted molar refractivity (Wildman–Crippen MR) is 99.0 cm³/mol. The van der Waals surface area contributed by atoms with Crippen LogP contribution < -0.4 is 10.1 Å². The first kappa shape index (κ1) is 17.5. The number of hydrogen-bond acceptors (Lipinski definition) is 3. The van der Waals surface area contributed by atoms with Crippen molar-refractivity contribution in [3.05, 3.63) is 57.7 Å². The van der Waals surface area contributed by atoms with Crippen molar-refractivity contribution in [1.82, 2.24) is 0 Å². The van der Waals surface area contributed by atoms with E-state index < -0.39 is 0 Å². The summed E-state index contributed by atoms with van der Waals surface area (Å²) in [5.41, 5.74) is 1.34. The van der Waals surface area contributed by atoms with Crippen LogP contribution in [-0.2, 0) is 4.79 Å². The molecule has 0 aliphatic rings. The molecule has 2 aromatic rings. The third kappa shape index (κ3) is 5.67. The number of ketones is 1. The molecular weight excluding hydrogens is 405 g/mol. The number of Topliss-reactive ketones (excluding diaryl/α,β-unsaturated/α-hetero) is 1. The van der Waals surface area contributed by atoms with Crippen molar-refractivity contribution in [3.63, 3.8) is 0 Å². The highest BCUT2D eigenvalue weighted by atomic mass is 127. The topological polar surface area (TPSA) is 55.4 Å². The number of nitrogens with one attached hydrogen (secondary N) is 1. The molecule has 0 atom stereocenters. The predicted octanol–water partition coefficient (Wildman–Crippen LogP) is 4.29. The monoisotopic (exact) mass is 423 g/mol. The average molecular weight is 423 g/mol. The summed E-state index contributed by atoms with van der Waals surface area (Å²) in [6.07, 6.45) is 0.348. The van der Waals surface area contributed by atoms with Crippen LogP contribution in [0.1, 0.15) is 30.1 Å². The highest BCUT2D eigenvalue weighted by Crippen LogP contribution is 2.15. The van der Waals surface area contributed by atoms with E-state index in [1.165, 1.54) is 0 Å². The lowest BCUT2D eigenvalue weighted by molar-refractivity contribution is -0.116. The highest BCUT2D eigenvalue weighted by molar-refractivity contribution is 14.1. The summed E-state index contributed by atoms with van der Waals surface area (Å²) in [7, 11) is 0. The number of ether oxygens (including phenoxy) is 1. The van der Waals surface area contributed by atoms with Gasteiger partial charge in [-0.3, -0.25) is 9.59 Å². The summed E-state index contributed by atoms with van der Waals surface area (Å²) in [6, 6.07) is 14.5. The van der Waals surface area contributed by atoms with E-state index in [-0.39, 0.29) is 24.5 Å². The van der Waals surface area contributed by atoms with Crippen LogP contribution in [0.5, 0.6) is 5.75 Å². The van der Waals surface area contributed by atoms with Gasteiger partial charge in [-0.1, -0.05) is 6.07 Å². The smallest absolute Gasteiger partial charge is 0.224 e. The second kappa shape index (κ2) is 8.67. The summed E-state index contributed by atoms with van der Waals surface area (Å²) >= 11 is 2.18. The Morgan fingerprint density at radius 3 is 2.48 bits per heavy atom. The molecule has 0 heterocycles. The molecule has 2 aromatic carbocycles. The fourth-order valence-corrected chi connectivity index (χ4v) is 2.61. The average Bonchev–Trinajstić information content (AvgIpc) is 2.54. The van der Waals surface area contributed by atoms with Crippen LogP contribution >= 0.6 is 22.6 Å². The van der Waals surface area contributed by atoms with Gasteiger partial charge < -0.3 is 10.1 Å². The lowest BCUT2D eigenvalue weighted by atomic mass is 10.1. The van der Waals surface area contributed by atoms with Gasteiger partial charge in [0.05, 0.1) is 6.61 Å². The molecule has 0 bridgehead atoms. The molecule has 0 aliphatic carbocycles. The van der Waals surface area contributed by atoms with Gasteiger partial charge in [0, 0.05) is 27.7 Å². The molecule has 0 aromatic heterocycles. The van der Waals surface area contributed by atoms with E-state index in [2.05, 4.69) is 27.9 Å². The third-order valence-electron chi connectivity index (χ3n) is 3.17. The second-order valence-electron chi connectivity index (χ2n) is 4.94. The fourth-order valence-electron chi connectivity index (χ4n) is 2.06. The van der Waals surface area contributed by atoms with E-state index in [9.17, 15) is 9.59 Å². The normalized spacial score (nSPS) is 10.2. The van der Waals surface area contributed by atoms with Gasteiger partial charge in [-0.2, -0.15) is 0 Å². The van der Waals surface area contributed by atoms with Gasteiger partial charge in [-0.05, 0) is 72.0 Å². The Hall–Kier alpha value is -1.89. The quantitative estimate of drug-likeness (QED) is 0.534. The maximum atomic E-state index is 12.1. The number of hydrogen-bond donors (Lipinski definition) is 1. The fraction of sp³-hybridized carbons (Fsp3) is 0.222. The molecule has 0 saturated carbocycles. The van der Waals surface area contributed by atoms with Crippen molar-refractivity contribution in [2.45, 2.75) is 19.8 Å². The third-order valence-corrected chi connectivity index (χ3v) is 3.85. The molecular formula is C18H18INO3. The van der Waals surface area contributed by atoms with Gasteiger partial charge >= 0.3 is 0 Å². The zero-order chi connectivity index (χ0) is 16.7. The van der Waals surface area contributed by atoms with Crippen LogP contribution in [0.25, 0.3) is 0 Å². The Labute approximate surface area is 149 Å². The van der Waals surface area contributed by atoms with Crippen LogP contribution in [-0.4, -0.2) is 18.3 Å². The molecule has 0 radical (unpaired) electrons. The zero-order valence-electron chi connectivity index (χ0n) is 12.8. The number of anilines is 1. The summed E-state index contributed by atoms with van der Waals surface area (Å²) in [5, 5.41) is 2.80. The van der Waals surface area contributed by atoms with Gasteiger partial charge in [0.15, 0.2) is 5.78 Å². The SMILES string of the molecule is CCOc1ccc(C(=O)CCC(=O)Nc2cccc(I)c2)cc1. The molecule has 1 amide bonds. The standard InChI is InChI=1S/C18H18INO3/c1-2-23-16-8-6-13(7-9-16)17(21)10-11-18(22)20-15-5-3-4-14(19)12-15/h3-9,12H,2,10-11H2,1H3,(H,20,22). The Morgan fingerprint density at radius 1 is 1.09 bits per heavy atom. The molecule has 0 unspecified atom stereocenters. The molecule has 23 heavy (non-hydrogen) atoms. The zero-order valence-corrected chi connectivity index (χ0v) is 15.0. The molecule has 2 rings (SSSR count). The number of carbonyl (C=O) groups is 2. The van der Waals surface area contributed by atoms with Gasteiger partial charge in [-0.15, -0.1) is 0 Å². The van der Waals surface area contributed by atoms with Crippen molar-refractivity contribution in [2.75, 3.05) is 11.9 Å². The van der Waals surface area contributed by atoms with Crippen LogP contribution in [0.2, 0.25) is 0 Å². The molecule has 120 valence electrons. The molecule has 0 aliphatic heterocycles. The van der Waals surface area contributed by atoms with Gasteiger partial charge in [0.1, 0.15) is 5.75 Å². The van der Waals surface area contributed by atoms with Crippen molar-refractivity contribution in [2.24, 2.45) is 0 Å². The summed E-state index contributed by atoms with van der Waals surface area (Å²) in [4.78, 5) is 24.0. The Kier molecular flexibility index (Phi) is 6.58. The van der Waals surface area contributed by atoms with E-state index >= 15 is 0 Å². The first-order chi connectivity index (χ1) is 11.1. The number of rotatable bonds is 7. The lowest BCUT2D eigenvalue weighted by Crippen LogP contribution is -2.13. The van der Waals surface area contributed by atoms with Crippen molar-refractivity contribution in [1.29, 1.82) is 0 Å². The van der Waals surface area contributed by atoms with E-state index in [4.69, 9.17) is 4.74 Å². The Balaban J connectivity index is 1.84. The van der Waals surface area contributed by atoms with Gasteiger partial charge in [-0.25, -0.2) is 0 Å². The number of amides is 1. The Bertz CT molecular complexity index is 683. The molecule has 0 fully saturated rings. The summed E-state index contributed by atoms with van der Waals surface area (Å²) in [5.74, 6) is 0.526. The van der Waals surface area contributed by atoms with Crippen LogP contribution in [0.3, 0.4) is 0 Å². The minimum atomic E-state index is -0.161. The van der Waals surface area contributed by atoms with E-state index in [1.807, 2.05) is 31.2 Å². The first-order valence-corrected chi connectivity index (χ1v) is 8.48. The number of carbonyl (C=O) groups excluding carboxylic acids is 2. The maximum absolute atomic E-state index is 12.1. The Morgan fingerprint density at radius 2 is 1.83 bits per heavy atom. The van der Waals surface area contributed by atoms with E-state index in [0.29, 0.717) is 12.2 Å². The lowest BCUT2D eigenvalue weighted by Gasteiger charge is -2.06.